The number of aromatic nitrogens is 1. The van der Waals surface area contributed by atoms with Crippen LogP contribution in [0.1, 0.15) is 27.0 Å². The number of methoxy groups -OCH3 is 1. The molecule has 2 N–H and O–H groups in total. The van der Waals surface area contributed by atoms with Crippen LogP contribution in [-0.4, -0.2) is 24.5 Å². The monoisotopic (exact) mass is 375 g/mol. The summed E-state index contributed by atoms with van der Waals surface area (Å²) in [4.78, 5) is 16.6. The lowest BCUT2D eigenvalue weighted by Crippen LogP contribution is -2.25. The Bertz CT molecular complexity index is 940. The number of pyridine rings is 1. The number of anilines is 1. The fourth-order valence-corrected chi connectivity index (χ4v) is 2.92. The molecule has 0 radical (unpaired) electrons. The molecule has 1 heterocycles. The van der Waals surface area contributed by atoms with E-state index in [1.54, 1.807) is 19.5 Å². The summed E-state index contributed by atoms with van der Waals surface area (Å²) in [6.07, 6.45) is 4.05. The summed E-state index contributed by atoms with van der Waals surface area (Å²) in [6.45, 7) is 3.32. The minimum Gasteiger partial charge on any atom is -0.497 e. The van der Waals surface area contributed by atoms with Gasteiger partial charge in [0.1, 0.15) is 5.75 Å². The lowest BCUT2D eigenvalue weighted by molar-refractivity contribution is 0.0954. The number of carbonyl (C=O) groups excluding carboxylic acids is 1. The van der Waals surface area contributed by atoms with E-state index in [4.69, 9.17) is 4.74 Å². The van der Waals surface area contributed by atoms with E-state index >= 15 is 0 Å². The highest BCUT2D eigenvalue weighted by molar-refractivity contribution is 5.94. The van der Waals surface area contributed by atoms with Crippen LogP contribution in [0.15, 0.2) is 67.0 Å². The maximum atomic E-state index is 12.4. The summed E-state index contributed by atoms with van der Waals surface area (Å²) in [7, 11) is 1.65. The van der Waals surface area contributed by atoms with Crippen molar-refractivity contribution in [2.24, 2.45) is 0 Å². The number of aryl methyl sites for hydroxylation is 1. The first kappa shape index (κ1) is 19.4. The van der Waals surface area contributed by atoms with Crippen LogP contribution in [0.3, 0.4) is 0 Å². The van der Waals surface area contributed by atoms with E-state index in [1.165, 1.54) is 11.1 Å². The normalized spacial score (nSPS) is 10.4. The van der Waals surface area contributed by atoms with Gasteiger partial charge in [-0.1, -0.05) is 36.4 Å². The lowest BCUT2D eigenvalue weighted by atomic mass is 10.1. The van der Waals surface area contributed by atoms with Crippen molar-refractivity contribution in [3.63, 3.8) is 0 Å². The maximum Gasteiger partial charge on any atom is 0.252 e. The molecule has 0 saturated heterocycles. The van der Waals surface area contributed by atoms with Gasteiger partial charge in [0, 0.05) is 25.5 Å². The van der Waals surface area contributed by atoms with Crippen molar-refractivity contribution in [2.45, 2.75) is 19.9 Å². The topological polar surface area (TPSA) is 63.2 Å². The SMILES string of the molecule is COc1cccc(CCNC(=O)c2cncc(NCc3ccccc3C)c2)c1. The molecule has 3 aromatic rings. The zero-order valence-electron chi connectivity index (χ0n) is 16.2. The van der Waals surface area contributed by atoms with Gasteiger partial charge < -0.3 is 15.4 Å². The smallest absolute Gasteiger partial charge is 0.252 e. The van der Waals surface area contributed by atoms with Crippen molar-refractivity contribution in [1.29, 1.82) is 0 Å². The second-order valence-corrected chi connectivity index (χ2v) is 6.60. The summed E-state index contributed by atoms with van der Waals surface area (Å²) in [5.41, 5.74) is 4.93. The molecule has 0 aliphatic carbocycles. The highest BCUT2D eigenvalue weighted by atomic mass is 16.5. The fourth-order valence-electron chi connectivity index (χ4n) is 2.92. The van der Waals surface area contributed by atoms with E-state index in [0.29, 0.717) is 18.7 Å². The summed E-state index contributed by atoms with van der Waals surface area (Å²) in [5.74, 6) is 0.690. The molecule has 28 heavy (non-hydrogen) atoms. The van der Waals surface area contributed by atoms with E-state index in [2.05, 4.69) is 34.7 Å². The number of nitrogens with one attached hydrogen (secondary N) is 2. The van der Waals surface area contributed by atoms with Crippen molar-refractivity contribution in [3.8, 4) is 5.75 Å². The highest BCUT2D eigenvalue weighted by Gasteiger charge is 2.07. The Hall–Kier alpha value is -3.34. The number of carbonyl (C=O) groups is 1. The van der Waals surface area contributed by atoms with Crippen LogP contribution in [0, 0.1) is 6.92 Å². The molecule has 0 aliphatic heterocycles. The average Bonchev–Trinajstić information content (AvgIpc) is 2.73. The second kappa shape index (κ2) is 9.55. The van der Waals surface area contributed by atoms with Crippen molar-refractivity contribution >= 4 is 11.6 Å². The lowest BCUT2D eigenvalue weighted by Gasteiger charge is -2.10. The van der Waals surface area contributed by atoms with Crippen LogP contribution in [0.25, 0.3) is 0 Å². The van der Waals surface area contributed by atoms with Crippen molar-refractivity contribution in [2.75, 3.05) is 19.0 Å². The number of hydrogen-bond donors (Lipinski definition) is 2. The minimum atomic E-state index is -0.130. The standard InChI is InChI=1S/C23H25N3O2/c1-17-6-3-4-8-19(17)15-26-21-13-20(14-24-16-21)23(27)25-11-10-18-7-5-9-22(12-18)28-2/h3-9,12-14,16,26H,10-11,15H2,1-2H3,(H,25,27). The molecular weight excluding hydrogens is 350 g/mol. The summed E-state index contributed by atoms with van der Waals surface area (Å²) in [6, 6.07) is 17.9. The van der Waals surface area contributed by atoms with Gasteiger partial charge in [0.05, 0.1) is 18.4 Å². The number of amides is 1. The molecule has 3 rings (SSSR count). The van der Waals surface area contributed by atoms with Crippen LogP contribution >= 0.6 is 0 Å². The Morgan fingerprint density at radius 3 is 2.75 bits per heavy atom. The number of benzene rings is 2. The zero-order valence-corrected chi connectivity index (χ0v) is 16.2. The Labute approximate surface area is 165 Å². The Balaban J connectivity index is 1.54. The molecule has 5 heteroatoms. The predicted octanol–water partition coefficient (Wildman–Crippen LogP) is 3.98. The molecule has 1 amide bonds. The van der Waals surface area contributed by atoms with Gasteiger partial charge >= 0.3 is 0 Å². The third-order valence-corrected chi connectivity index (χ3v) is 4.58. The summed E-state index contributed by atoms with van der Waals surface area (Å²) >= 11 is 0. The number of ether oxygens (including phenoxy) is 1. The third kappa shape index (κ3) is 5.33. The van der Waals surface area contributed by atoms with Crippen molar-refractivity contribution in [1.82, 2.24) is 10.3 Å². The Morgan fingerprint density at radius 1 is 1.07 bits per heavy atom. The van der Waals surface area contributed by atoms with E-state index in [9.17, 15) is 4.79 Å². The number of rotatable bonds is 8. The van der Waals surface area contributed by atoms with Gasteiger partial charge in [0.2, 0.25) is 0 Å². The van der Waals surface area contributed by atoms with Crippen LogP contribution in [0.4, 0.5) is 5.69 Å². The van der Waals surface area contributed by atoms with Gasteiger partial charge in [-0.25, -0.2) is 0 Å². The van der Waals surface area contributed by atoms with Gasteiger partial charge in [-0.15, -0.1) is 0 Å². The van der Waals surface area contributed by atoms with Crippen LogP contribution in [-0.2, 0) is 13.0 Å². The summed E-state index contributed by atoms with van der Waals surface area (Å²) < 4.78 is 5.22. The molecule has 0 fully saturated rings. The molecule has 2 aromatic carbocycles. The largest absolute Gasteiger partial charge is 0.497 e. The maximum absolute atomic E-state index is 12.4. The molecule has 0 bridgehead atoms. The van der Waals surface area contributed by atoms with Gasteiger partial charge in [-0.2, -0.15) is 0 Å². The first-order chi connectivity index (χ1) is 13.7. The molecule has 0 spiro atoms. The minimum absolute atomic E-state index is 0.130. The van der Waals surface area contributed by atoms with Gasteiger partial charge in [0.25, 0.3) is 5.91 Å². The molecule has 0 atom stereocenters. The quantitative estimate of drug-likeness (QED) is 0.625. The van der Waals surface area contributed by atoms with Gasteiger partial charge in [-0.3, -0.25) is 9.78 Å². The molecule has 5 nitrogen and oxygen atoms in total. The fraction of sp³-hybridized carbons (Fsp3) is 0.217. The zero-order chi connectivity index (χ0) is 19.8. The number of hydrogen-bond acceptors (Lipinski definition) is 4. The van der Waals surface area contributed by atoms with Crippen LogP contribution < -0.4 is 15.4 Å². The number of nitrogens with zero attached hydrogens (tertiary/aromatic N) is 1. The highest BCUT2D eigenvalue weighted by Crippen LogP contribution is 2.14. The molecule has 1 aromatic heterocycles. The molecular formula is C23H25N3O2. The molecule has 0 unspecified atom stereocenters. The van der Waals surface area contributed by atoms with Gasteiger partial charge in [0.15, 0.2) is 0 Å². The van der Waals surface area contributed by atoms with Crippen molar-refractivity contribution in [3.05, 3.63) is 89.2 Å². The van der Waals surface area contributed by atoms with Crippen LogP contribution in [0.5, 0.6) is 5.75 Å². The third-order valence-electron chi connectivity index (χ3n) is 4.58. The molecule has 0 saturated carbocycles. The van der Waals surface area contributed by atoms with Gasteiger partial charge in [-0.05, 0) is 48.2 Å². The second-order valence-electron chi connectivity index (χ2n) is 6.60. The Morgan fingerprint density at radius 2 is 1.93 bits per heavy atom. The van der Waals surface area contributed by atoms with Crippen molar-refractivity contribution < 1.29 is 9.53 Å². The van der Waals surface area contributed by atoms with E-state index < -0.39 is 0 Å². The first-order valence-electron chi connectivity index (χ1n) is 9.30. The molecule has 144 valence electrons. The summed E-state index contributed by atoms with van der Waals surface area (Å²) in [5, 5.41) is 6.28. The Kier molecular flexibility index (Phi) is 6.63. The first-order valence-corrected chi connectivity index (χ1v) is 9.30. The predicted molar refractivity (Wildman–Crippen MR) is 112 cm³/mol. The average molecular weight is 375 g/mol. The van der Waals surface area contributed by atoms with E-state index in [-0.39, 0.29) is 5.91 Å². The van der Waals surface area contributed by atoms with E-state index in [1.807, 2.05) is 42.5 Å². The molecule has 0 aliphatic rings. The van der Waals surface area contributed by atoms with Crippen LogP contribution in [0.2, 0.25) is 0 Å². The van der Waals surface area contributed by atoms with E-state index in [0.717, 1.165) is 23.4 Å².